The van der Waals surface area contributed by atoms with Gasteiger partial charge in [-0.2, -0.15) is 45.3 Å². The van der Waals surface area contributed by atoms with E-state index in [1.165, 1.54) is 26.0 Å². The van der Waals surface area contributed by atoms with Gasteiger partial charge >= 0.3 is 18.3 Å². The maximum Gasteiger partial charge on any atom is 0.435 e. The zero-order chi connectivity index (χ0) is 53.2. The molecular formula is C44H38ClF10N7O8S2. The van der Waals surface area contributed by atoms with Crippen molar-refractivity contribution >= 4 is 61.4 Å². The minimum Gasteiger partial charge on any atom is -0.481 e. The van der Waals surface area contributed by atoms with Crippen LogP contribution in [0.2, 0.25) is 5.02 Å². The van der Waals surface area contributed by atoms with Crippen LogP contribution < -0.4 is 5.32 Å². The first-order valence-electron chi connectivity index (χ1n) is 21.2. The van der Waals surface area contributed by atoms with Gasteiger partial charge in [-0.05, 0) is 80.8 Å². The maximum absolute atomic E-state index is 15.6. The second-order valence-electron chi connectivity index (χ2n) is 17.5. The molecule has 0 radical (unpaired) electrons. The van der Waals surface area contributed by atoms with Crippen LogP contribution in [-0.2, 0) is 73.6 Å². The lowest BCUT2D eigenvalue weighted by Crippen LogP contribution is -2.35. The number of sulfone groups is 1. The molecule has 1 fully saturated rings. The Morgan fingerprint density at radius 2 is 1.65 bits per heavy atom. The van der Waals surface area contributed by atoms with Crippen LogP contribution in [0.1, 0.15) is 91.1 Å². The van der Waals surface area contributed by atoms with Crippen molar-refractivity contribution in [3.63, 3.8) is 0 Å². The molecule has 386 valence electrons. The molecule has 2 unspecified atom stereocenters. The number of hydrogen-bond acceptors (Lipinski definition) is 9. The summed E-state index contributed by atoms with van der Waals surface area (Å²) in [5.41, 5.74) is -6.02. The maximum atomic E-state index is 15.6. The van der Waals surface area contributed by atoms with Crippen LogP contribution >= 0.6 is 11.6 Å². The third kappa shape index (κ3) is 11.2. The Morgan fingerprint density at radius 3 is 2.25 bits per heavy atom. The Kier molecular flexibility index (Phi) is 14.5. The number of nitrogens with one attached hydrogen (secondary N) is 1. The first-order chi connectivity index (χ1) is 33.3. The van der Waals surface area contributed by atoms with Gasteiger partial charge in [0.15, 0.2) is 15.5 Å². The van der Waals surface area contributed by atoms with Crippen LogP contribution in [0.5, 0.6) is 0 Å². The number of pyridine rings is 1. The minimum absolute atomic E-state index is 0.196. The van der Waals surface area contributed by atoms with Crippen LogP contribution in [0.3, 0.4) is 0 Å². The molecular weight excluding hydrogens is 1040 g/mol. The Bertz CT molecular complexity index is 3220. The number of rotatable bonds is 16. The Labute approximate surface area is 409 Å². The van der Waals surface area contributed by atoms with Gasteiger partial charge in [0, 0.05) is 53.2 Å². The van der Waals surface area contributed by atoms with E-state index in [-0.39, 0.29) is 54.6 Å². The standard InChI is InChI=1S/C44H38ClF10N7O8S2/c1-41(2,72(3,69)70)12-11-24-7-8-25(26-9-10-29(45)36-31(58-61(38(26)36)20-42(48,49)50)18-62(71(67)68)33(64)5-4-6-34(65)66)37(56-24)30(15-21-13-22(46)16-23(47)14-21)57-32(63)19-60-40-35(39(59-60)44(53,54)55)27-17-28(27)43(40,51)52/h7-10,13-14,16,27-28,30H,4-6,15,17-20H2,1-3H3,(H,57,63)(H,65,66)(H,67,68)/t27-,28+,30?/m0/s1. The summed E-state index contributed by atoms with van der Waals surface area (Å²) >= 11 is 3.45. The van der Waals surface area contributed by atoms with Gasteiger partial charge in [-0.3, -0.25) is 28.3 Å². The molecule has 0 saturated heterocycles. The highest BCUT2D eigenvalue weighted by molar-refractivity contribution is 7.92. The third-order valence-corrected chi connectivity index (χ3v) is 14.9. The molecule has 5 aromatic rings. The van der Waals surface area contributed by atoms with E-state index >= 15 is 8.78 Å². The van der Waals surface area contributed by atoms with Crippen LogP contribution in [0, 0.1) is 29.4 Å². The fourth-order valence-corrected chi connectivity index (χ4v) is 9.34. The van der Waals surface area contributed by atoms with E-state index in [0.717, 1.165) is 30.5 Å². The minimum atomic E-state index is -5.22. The van der Waals surface area contributed by atoms with Crippen LogP contribution in [-0.4, -0.2) is 86.1 Å². The summed E-state index contributed by atoms with van der Waals surface area (Å²) in [6.45, 7) is -1.68. The first-order valence-corrected chi connectivity index (χ1v) is 24.5. The molecule has 3 aromatic heterocycles. The number of fused-ring (bicyclic) bond motifs is 4. The number of nitrogens with zero attached hydrogens (tertiary/aromatic N) is 6. The highest BCUT2D eigenvalue weighted by Gasteiger charge is 2.68. The molecule has 2 aliphatic carbocycles. The number of carbonyl (C=O) groups is 3. The van der Waals surface area contributed by atoms with E-state index in [9.17, 15) is 66.7 Å². The van der Waals surface area contributed by atoms with Gasteiger partial charge in [-0.1, -0.05) is 23.6 Å². The normalized spacial score (nSPS) is 17.2. The largest absolute Gasteiger partial charge is 0.481 e. The molecule has 28 heteroatoms. The van der Waals surface area contributed by atoms with Gasteiger partial charge in [-0.15, -0.1) is 0 Å². The van der Waals surface area contributed by atoms with Crippen molar-refractivity contribution in [2.75, 3.05) is 6.26 Å². The number of aromatic nitrogens is 5. The molecule has 72 heavy (non-hydrogen) atoms. The van der Waals surface area contributed by atoms with Gasteiger partial charge in [0.05, 0.1) is 34.5 Å². The van der Waals surface area contributed by atoms with Crippen LogP contribution in [0.15, 0.2) is 42.5 Å². The first kappa shape index (κ1) is 53.7. The smallest absolute Gasteiger partial charge is 0.435 e. The number of carboxylic acids is 1. The monoisotopic (exact) mass is 1080 g/mol. The molecule has 0 aliphatic heterocycles. The van der Waals surface area contributed by atoms with Gasteiger partial charge in [0.2, 0.25) is 11.8 Å². The van der Waals surface area contributed by atoms with Gasteiger partial charge in [0.1, 0.15) is 40.9 Å². The quantitative estimate of drug-likeness (QED) is 0.0490. The number of carboxylic acid groups (broad SMARTS) is 1. The molecule has 2 aromatic carbocycles. The predicted molar refractivity (Wildman–Crippen MR) is 236 cm³/mol. The van der Waals surface area contributed by atoms with Crippen LogP contribution in [0.4, 0.5) is 43.9 Å². The third-order valence-electron chi connectivity index (χ3n) is 11.9. The van der Waals surface area contributed by atoms with Crippen molar-refractivity contribution in [2.24, 2.45) is 5.92 Å². The molecule has 1 saturated carbocycles. The van der Waals surface area contributed by atoms with Gasteiger partial charge < -0.3 is 10.4 Å². The number of carbonyl (C=O) groups excluding carboxylic acids is 2. The molecule has 0 bridgehead atoms. The fourth-order valence-electron chi connectivity index (χ4n) is 8.34. The Hall–Kier alpha value is -6.11. The summed E-state index contributed by atoms with van der Waals surface area (Å²) in [6, 6.07) is 4.99. The van der Waals surface area contributed by atoms with E-state index < -0.39 is 164 Å². The second kappa shape index (κ2) is 19.4. The van der Waals surface area contributed by atoms with Crippen molar-refractivity contribution in [3.05, 3.63) is 98.7 Å². The zero-order valence-electron chi connectivity index (χ0n) is 37.4. The van der Waals surface area contributed by atoms with Crippen molar-refractivity contribution in [2.45, 2.75) is 101 Å². The molecule has 3 heterocycles. The van der Waals surface area contributed by atoms with E-state index in [4.69, 9.17) is 16.7 Å². The molecule has 7 rings (SSSR count). The predicted octanol–water partition coefficient (Wildman–Crippen LogP) is 8.01. The number of hydrogen-bond donors (Lipinski definition) is 3. The summed E-state index contributed by atoms with van der Waals surface area (Å²) in [4.78, 5) is 42.8. The summed E-state index contributed by atoms with van der Waals surface area (Å²) < 4.78 is 193. The number of alkyl halides is 8. The summed E-state index contributed by atoms with van der Waals surface area (Å²) in [6.07, 6.45) is -11.8. The summed E-state index contributed by atoms with van der Waals surface area (Å²) in [7, 11) is -3.90. The lowest BCUT2D eigenvalue weighted by molar-refractivity contribution is -0.143. The van der Waals surface area contributed by atoms with Crippen molar-refractivity contribution < 1.29 is 80.6 Å². The number of benzene rings is 2. The van der Waals surface area contributed by atoms with Crippen molar-refractivity contribution in [3.8, 4) is 23.0 Å². The van der Waals surface area contributed by atoms with E-state index in [1.54, 1.807) is 0 Å². The highest BCUT2D eigenvalue weighted by atomic mass is 35.5. The van der Waals surface area contributed by atoms with E-state index in [0.29, 0.717) is 10.7 Å². The summed E-state index contributed by atoms with van der Waals surface area (Å²) in [5, 5.41) is 18.2. The molecule has 2 aliphatic rings. The number of amides is 2. The van der Waals surface area contributed by atoms with Gasteiger partial charge in [0.25, 0.3) is 17.2 Å². The van der Waals surface area contributed by atoms with Crippen molar-refractivity contribution in [1.82, 2.24) is 34.2 Å². The number of aliphatic carboxylic acids is 1. The lowest BCUT2D eigenvalue weighted by atomic mass is 9.93. The average Bonchev–Trinajstić information content (AvgIpc) is 3.76. The Balaban J connectivity index is 1.44. The highest BCUT2D eigenvalue weighted by Crippen LogP contribution is 2.68. The SMILES string of the molecule is CC(C)(C#Cc1ccc(-c2ccc(Cl)c3c(CN(C(=O)CCCC(=O)O)S(=O)O)nn(CC(F)(F)F)c23)c(C(Cc2cc(F)cc(F)c2)NC(=O)Cn2nc(C(F)(F)F)c3c2C(F)(F)[C@@H]2C[C@H]32)n1)S(C)(=O)=O. The fraction of sp³-hybridized carbons (Fsp3) is 0.409. The number of halogens is 11. The average molecular weight is 1080 g/mol. The van der Waals surface area contributed by atoms with Crippen LogP contribution in [0.25, 0.3) is 22.0 Å². The van der Waals surface area contributed by atoms with Gasteiger partial charge in [-0.25, -0.2) is 30.7 Å². The molecule has 4 atom stereocenters. The molecule has 0 spiro atoms. The zero-order valence-corrected chi connectivity index (χ0v) is 39.8. The van der Waals surface area contributed by atoms with E-state index in [1.807, 2.05) is 0 Å². The molecule has 3 N–H and O–H groups in total. The van der Waals surface area contributed by atoms with Crippen molar-refractivity contribution in [1.29, 1.82) is 0 Å². The summed E-state index contributed by atoms with van der Waals surface area (Å²) in [5.74, 6) is -7.42. The Morgan fingerprint density at radius 1 is 1.00 bits per heavy atom. The molecule has 2 amide bonds. The second-order valence-corrected chi connectivity index (χ2v) is 21.4. The topological polar surface area (TPSA) is 207 Å². The molecule has 15 nitrogen and oxygen atoms in total. The lowest BCUT2D eigenvalue weighted by Gasteiger charge is -2.23. The van der Waals surface area contributed by atoms with E-state index in [2.05, 4.69) is 32.3 Å².